The predicted octanol–water partition coefficient (Wildman–Crippen LogP) is 5.23. The van der Waals surface area contributed by atoms with Crippen molar-refractivity contribution in [2.24, 2.45) is 0 Å². The second-order valence-corrected chi connectivity index (χ2v) is 5.80. The van der Waals surface area contributed by atoms with Gasteiger partial charge in [-0.3, -0.25) is 0 Å². The van der Waals surface area contributed by atoms with E-state index in [1.165, 1.54) is 30.4 Å². The molecule has 0 N–H and O–H groups in total. The van der Waals surface area contributed by atoms with Crippen LogP contribution in [0.15, 0.2) is 72.9 Å². The van der Waals surface area contributed by atoms with Gasteiger partial charge in [0.15, 0.2) is 0 Å². The van der Waals surface area contributed by atoms with E-state index in [1.54, 1.807) is 0 Å². The summed E-state index contributed by atoms with van der Waals surface area (Å²) in [4.78, 5) is 2.47. The Kier molecular flexibility index (Phi) is 5.09. The van der Waals surface area contributed by atoms with Crippen LogP contribution in [-0.4, -0.2) is 17.5 Å². The summed E-state index contributed by atoms with van der Waals surface area (Å²) in [6, 6.07) is 21.6. The van der Waals surface area contributed by atoms with Crippen molar-refractivity contribution in [1.29, 1.82) is 0 Å². The van der Waals surface area contributed by atoms with Crippen LogP contribution < -0.4 is 0 Å². The molecule has 1 heteroatoms. The topological polar surface area (TPSA) is 3.24 Å². The zero-order valence-electron chi connectivity index (χ0n) is 12.9. The van der Waals surface area contributed by atoms with Crippen LogP contribution in [0.2, 0.25) is 0 Å². The van der Waals surface area contributed by atoms with Crippen molar-refractivity contribution >= 4 is 12.2 Å². The van der Waals surface area contributed by atoms with Gasteiger partial charge in [0.25, 0.3) is 0 Å². The minimum absolute atomic E-state index is 0.508. The summed E-state index contributed by atoms with van der Waals surface area (Å²) < 4.78 is 0. The summed E-state index contributed by atoms with van der Waals surface area (Å²) in [6.07, 6.45) is 12.9. The summed E-state index contributed by atoms with van der Waals surface area (Å²) in [5, 5.41) is 0. The molecule has 22 heavy (non-hydrogen) atoms. The Labute approximate surface area is 133 Å². The van der Waals surface area contributed by atoms with Crippen LogP contribution in [0, 0.1) is 0 Å². The highest BCUT2D eigenvalue weighted by Crippen LogP contribution is 2.20. The number of hydrogen-bond acceptors (Lipinski definition) is 1. The molecule has 0 aromatic heterocycles. The van der Waals surface area contributed by atoms with Crippen LogP contribution in [-0.2, 0) is 0 Å². The lowest BCUT2D eigenvalue weighted by Gasteiger charge is -2.33. The Morgan fingerprint density at radius 1 is 0.773 bits per heavy atom. The molecule has 0 radical (unpaired) electrons. The minimum atomic E-state index is 0.508. The van der Waals surface area contributed by atoms with E-state index in [2.05, 4.69) is 90.0 Å². The third-order valence-electron chi connectivity index (χ3n) is 4.16. The number of rotatable bonds is 4. The maximum Gasteiger partial charge on any atom is 0.0470 e. The van der Waals surface area contributed by atoms with Gasteiger partial charge in [0.2, 0.25) is 0 Å². The van der Waals surface area contributed by atoms with E-state index < -0.39 is 0 Å². The highest BCUT2D eigenvalue weighted by Gasteiger charge is 2.16. The number of likely N-dealkylation sites (tertiary alicyclic amines) is 1. The number of piperidine rings is 1. The zero-order chi connectivity index (χ0) is 15.0. The summed E-state index contributed by atoms with van der Waals surface area (Å²) in [7, 11) is 0. The van der Waals surface area contributed by atoms with Crippen LogP contribution in [0.25, 0.3) is 12.2 Å². The average molecular weight is 289 g/mol. The lowest BCUT2D eigenvalue weighted by molar-refractivity contribution is 0.254. The Morgan fingerprint density at radius 3 is 2.09 bits per heavy atom. The minimum Gasteiger partial charge on any atom is -0.371 e. The van der Waals surface area contributed by atoms with Crippen LogP contribution in [0.5, 0.6) is 0 Å². The fourth-order valence-electron chi connectivity index (χ4n) is 2.90. The maximum absolute atomic E-state index is 2.47. The van der Waals surface area contributed by atoms with Gasteiger partial charge in [0.1, 0.15) is 0 Å². The highest BCUT2D eigenvalue weighted by molar-refractivity contribution is 5.51. The third kappa shape index (κ3) is 4.11. The summed E-state index contributed by atoms with van der Waals surface area (Å²) in [5.41, 5.74) is 2.54. The number of benzene rings is 2. The first-order valence-electron chi connectivity index (χ1n) is 8.14. The van der Waals surface area contributed by atoms with Gasteiger partial charge in [-0.15, -0.1) is 0 Å². The Hall–Kier alpha value is -2.28. The van der Waals surface area contributed by atoms with Gasteiger partial charge in [-0.05, 0) is 36.5 Å². The van der Waals surface area contributed by atoms with E-state index in [0.717, 1.165) is 6.54 Å². The van der Waals surface area contributed by atoms with Crippen molar-refractivity contribution in [2.75, 3.05) is 6.54 Å². The van der Waals surface area contributed by atoms with Crippen molar-refractivity contribution < 1.29 is 0 Å². The van der Waals surface area contributed by atoms with Crippen molar-refractivity contribution in [1.82, 2.24) is 4.90 Å². The smallest absolute Gasteiger partial charge is 0.0470 e. The SMILES string of the molecule is C(=C\[C@@H]1CCCCN1/C=C/c1ccccc1)/c1ccccc1. The largest absolute Gasteiger partial charge is 0.371 e. The monoisotopic (exact) mass is 289 g/mol. The molecular weight excluding hydrogens is 266 g/mol. The van der Waals surface area contributed by atoms with Gasteiger partial charge in [-0.2, -0.15) is 0 Å². The Bertz CT molecular complexity index is 555. The fourth-order valence-corrected chi connectivity index (χ4v) is 2.90. The Balaban J connectivity index is 1.69. The molecule has 1 aliphatic heterocycles. The van der Waals surface area contributed by atoms with E-state index in [0.29, 0.717) is 6.04 Å². The summed E-state index contributed by atoms with van der Waals surface area (Å²) >= 11 is 0. The molecule has 3 rings (SSSR count). The first-order valence-corrected chi connectivity index (χ1v) is 8.14. The van der Waals surface area contributed by atoms with Crippen LogP contribution in [0.1, 0.15) is 30.4 Å². The molecule has 1 fully saturated rings. The molecule has 2 aromatic carbocycles. The van der Waals surface area contributed by atoms with Crippen molar-refractivity contribution in [2.45, 2.75) is 25.3 Å². The van der Waals surface area contributed by atoms with Gasteiger partial charge in [-0.1, -0.05) is 72.8 Å². The molecule has 2 aromatic rings. The molecular formula is C21H23N. The molecule has 1 nitrogen and oxygen atoms in total. The normalized spacial score (nSPS) is 19.1. The first kappa shape index (κ1) is 14.6. The molecule has 1 heterocycles. The van der Waals surface area contributed by atoms with Crippen LogP contribution >= 0.6 is 0 Å². The first-order chi connectivity index (χ1) is 10.9. The lowest BCUT2D eigenvalue weighted by Crippen LogP contribution is -2.33. The summed E-state index contributed by atoms with van der Waals surface area (Å²) in [6.45, 7) is 1.15. The van der Waals surface area contributed by atoms with Gasteiger partial charge >= 0.3 is 0 Å². The molecule has 112 valence electrons. The standard InChI is InChI=1S/C21H23N/c1-3-9-19(10-4-1)14-15-21-13-7-8-17-22(21)18-16-20-11-5-2-6-12-20/h1-6,9-12,14-16,18,21H,7-8,13,17H2/b15-14+,18-16+/t21-/m0/s1. The van der Waals surface area contributed by atoms with Crippen LogP contribution in [0.3, 0.4) is 0 Å². The van der Waals surface area contributed by atoms with Crippen LogP contribution in [0.4, 0.5) is 0 Å². The third-order valence-corrected chi connectivity index (χ3v) is 4.16. The van der Waals surface area contributed by atoms with Crippen molar-refractivity contribution in [3.05, 3.63) is 84.1 Å². The average Bonchev–Trinajstić information content (AvgIpc) is 2.61. The zero-order valence-corrected chi connectivity index (χ0v) is 12.9. The number of hydrogen-bond donors (Lipinski definition) is 0. The van der Waals surface area contributed by atoms with Gasteiger partial charge < -0.3 is 4.90 Å². The van der Waals surface area contributed by atoms with E-state index >= 15 is 0 Å². The van der Waals surface area contributed by atoms with Gasteiger partial charge in [0, 0.05) is 18.8 Å². The molecule has 0 amide bonds. The molecule has 1 aliphatic rings. The highest BCUT2D eigenvalue weighted by atomic mass is 15.1. The molecule has 1 atom stereocenters. The summed E-state index contributed by atoms with van der Waals surface area (Å²) in [5.74, 6) is 0. The predicted molar refractivity (Wildman–Crippen MR) is 95.3 cm³/mol. The fraction of sp³-hybridized carbons (Fsp3) is 0.238. The van der Waals surface area contributed by atoms with Gasteiger partial charge in [-0.25, -0.2) is 0 Å². The molecule has 0 spiro atoms. The van der Waals surface area contributed by atoms with E-state index in [-0.39, 0.29) is 0 Å². The lowest BCUT2D eigenvalue weighted by atomic mass is 10.0. The quantitative estimate of drug-likeness (QED) is 0.745. The molecule has 0 saturated carbocycles. The molecule has 0 bridgehead atoms. The second kappa shape index (κ2) is 7.65. The van der Waals surface area contributed by atoms with E-state index in [9.17, 15) is 0 Å². The van der Waals surface area contributed by atoms with Crippen molar-refractivity contribution in [3.8, 4) is 0 Å². The second-order valence-electron chi connectivity index (χ2n) is 5.80. The van der Waals surface area contributed by atoms with Gasteiger partial charge in [0.05, 0.1) is 0 Å². The molecule has 0 aliphatic carbocycles. The van der Waals surface area contributed by atoms with E-state index in [4.69, 9.17) is 0 Å². The Morgan fingerprint density at radius 2 is 1.41 bits per heavy atom. The number of nitrogens with zero attached hydrogens (tertiary/aromatic N) is 1. The maximum atomic E-state index is 2.47. The molecule has 1 saturated heterocycles. The molecule has 0 unspecified atom stereocenters. The van der Waals surface area contributed by atoms with Crippen molar-refractivity contribution in [3.63, 3.8) is 0 Å². The van der Waals surface area contributed by atoms with E-state index in [1.807, 2.05) is 0 Å².